The molecule has 2 aromatic heterocycles. The Bertz CT molecular complexity index is 1530. The topological polar surface area (TPSA) is 108 Å². The van der Waals surface area contributed by atoms with Crippen LogP contribution >= 0.6 is 0 Å². The average Bonchev–Trinajstić information content (AvgIpc) is 2.93. The number of nitrogens with zero attached hydrogens (tertiary/aromatic N) is 6. The average molecular weight is 557 g/mol. The first-order valence-corrected chi connectivity index (χ1v) is 13.7. The SMILES string of the molecule is COc1ccc(C(C)(C)C)cc1C(=O)Nc1ccc(C)c(Nc2ncnc3cnc(N(C)CCCN(C)C)nc23)c1. The number of benzene rings is 2. The molecule has 2 aromatic carbocycles. The zero-order valence-electron chi connectivity index (χ0n) is 25.2. The lowest BCUT2D eigenvalue weighted by Gasteiger charge is -2.21. The second-order valence-electron chi connectivity index (χ2n) is 11.5. The molecule has 0 unspecified atom stereocenters. The predicted octanol–water partition coefficient (Wildman–Crippen LogP) is 5.42. The second kappa shape index (κ2) is 12.5. The summed E-state index contributed by atoms with van der Waals surface area (Å²) in [5, 5.41) is 6.43. The molecule has 0 saturated heterocycles. The van der Waals surface area contributed by atoms with Crippen LogP contribution in [-0.4, -0.2) is 72.1 Å². The van der Waals surface area contributed by atoms with Crippen molar-refractivity contribution in [3.63, 3.8) is 0 Å². The van der Waals surface area contributed by atoms with Gasteiger partial charge in [-0.15, -0.1) is 0 Å². The zero-order valence-corrected chi connectivity index (χ0v) is 25.2. The molecule has 0 aliphatic carbocycles. The van der Waals surface area contributed by atoms with Gasteiger partial charge in [0.2, 0.25) is 5.95 Å². The van der Waals surface area contributed by atoms with E-state index in [0.29, 0.717) is 39.8 Å². The van der Waals surface area contributed by atoms with Gasteiger partial charge < -0.3 is 25.2 Å². The fraction of sp³-hybridized carbons (Fsp3) is 0.387. The first kappa shape index (κ1) is 29.7. The van der Waals surface area contributed by atoms with E-state index in [9.17, 15) is 4.79 Å². The summed E-state index contributed by atoms with van der Waals surface area (Å²) in [6, 6.07) is 11.4. The van der Waals surface area contributed by atoms with Gasteiger partial charge in [-0.05, 0) is 74.8 Å². The van der Waals surface area contributed by atoms with Crippen LogP contribution in [0.2, 0.25) is 0 Å². The molecule has 0 bridgehead atoms. The predicted molar refractivity (Wildman–Crippen MR) is 166 cm³/mol. The van der Waals surface area contributed by atoms with Gasteiger partial charge in [-0.3, -0.25) is 4.79 Å². The van der Waals surface area contributed by atoms with E-state index >= 15 is 0 Å². The number of anilines is 4. The summed E-state index contributed by atoms with van der Waals surface area (Å²) in [6.07, 6.45) is 4.20. The maximum atomic E-state index is 13.4. The Morgan fingerprint density at radius 1 is 1.00 bits per heavy atom. The maximum Gasteiger partial charge on any atom is 0.259 e. The first-order chi connectivity index (χ1) is 19.5. The minimum absolute atomic E-state index is 0.104. The van der Waals surface area contributed by atoms with E-state index < -0.39 is 0 Å². The minimum Gasteiger partial charge on any atom is -0.496 e. The van der Waals surface area contributed by atoms with Gasteiger partial charge in [0, 0.05) is 25.0 Å². The lowest BCUT2D eigenvalue weighted by molar-refractivity contribution is 0.102. The molecule has 0 spiro atoms. The van der Waals surface area contributed by atoms with Crippen molar-refractivity contribution in [3.8, 4) is 5.75 Å². The molecule has 1 amide bonds. The third-order valence-electron chi connectivity index (χ3n) is 6.86. The van der Waals surface area contributed by atoms with Crippen molar-refractivity contribution in [1.82, 2.24) is 24.8 Å². The van der Waals surface area contributed by atoms with Crippen molar-refractivity contribution in [2.45, 2.75) is 39.5 Å². The number of hydrogen-bond donors (Lipinski definition) is 2. The lowest BCUT2D eigenvalue weighted by Crippen LogP contribution is -2.24. The number of fused-ring (bicyclic) bond motifs is 1. The monoisotopic (exact) mass is 556 g/mol. The van der Waals surface area contributed by atoms with E-state index in [1.165, 1.54) is 6.33 Å². The van der Waals surface area contributed by atoms with Gasteiger partial charge >= 0.3 is 0 Å². The molecule has 0 aliphatic rings. The van der Waals surface area contributed by atoms with Crippen molar-refractivity contribution in [2.75, 3.05) is 56.9 Å². The summed E-state index contributed by atoms with van der Waals surface area (Å²) in [7, 11) is 7.67. The molecular formula is C31H40N8O2. The second-order valence-corrected chi connectivity index (χ2v) is 11.5. The fourth-order valence-electron chi connectivity index (χ4n) is 4.36. The number of methoxy groups -OCH3 is 1. The van der Waals surface area contributed by atoms with Crippen molar-refractivity contribution in [1.29, 1.82) is 0 Å². The van der Waals surface area contributed by atoms with E-state index in [-0.39, 0.29) is 11.3 Å². The van der Waals surface area contributed by atoms with Crippen molar-refractivity contribution >= 4 is 40.1 Å². The van der Waals surface area contributed by atoms with E-state index in [0.717, 1.165) is 36.3 Å². The molecular weight excluding hydrogens is 516 g/mol. The van der Waals surface area contributed by atoms with Gasteiger partial charge in [0.05, 0.1) is 18.9 Å². The van der Waals surface area contributed by atoms with Gasteiger partial charge in [-0.2, -0.15) is 0 Å². The van der Waals surface area contributed by atoms with Crippen LogP contribution in [0.1, 0.15) is 48.7 Å². The van der Waals surface area contributed by atoms with Crippen molar-refractivity contribution in [2.24, 2.45) is 0 Å². The summed E-state index contributed by atoms with van der Waals surface area (Å²) in [5.41, 5.74) is 5.10. The summed E-state index contributed by atoms with van der Waals surface area (Å²) in [5.74, 6) is 1.45. The quantitative estimate of drug-likeness (QED) is 0.265. The number of nitrogens with one attached hydrogen (secondary N) is 2. The number of carbonyl (C=O) groups excluding carboxylic acids is 1. The Labute approximate surface area is 242 Å². The number of hydrogen-bond acceptors (Lipinski definition) is 9. The van der Waals surface area contributed by atoms with Crippen LogP contribution in [-0.2, 0) is 5.41 Å². The Kier molecular flexibility index (Phi) is 9.02. The van der Waals surface area contributed by atoms with Crippen LogP contribution in [0.25, 0.3) is 11.0 Å². The number of aromatic nitrogens is 4. The Morgan fingerprint density at radius 2 is 1.78 bits per heavy atom. The number of ether oxygens (including phenoxy) is 1. The molecule has 41 heavy (non-hydrogen) atoms. The van der Waals surface area contributed by atoms with E-state index in [1.54, 1.807) is 13.3 Å². The molecule has 0 atom stereocenters. The smallest absolute Gasteiger partial charge is 0.259 e. The Hall–Kier alpha value is -4.31. The number of rotatable bonds is 10. The normalized spacial score (nSPS) is 11.5. The van der Waals surface area contributed by atoms with Crippen LogP contribution in [0.15, 0.2) is 48.9 Å². The summed E-state index contributed by atoms with van der Waals surface area (Å²) in [4.78, 5) is 35.7. The third-order valence-corrected chi connectivity index (χ3v) is 6.86. The molecule has 10 heteroatoms. The summed E-state index contributed by atoms with van der Waals surface area (Å²) in [6.45, 7) is 10.1. The standard InChI is InChI=1S/C31H40N8O2/c1-20-10-12-22(35-29(40)23-16-21(31(2,3)4)11-13-26(23)41-8)17-24(20)36-28-27-25(33-19-34-28)18-32-30(37-27)39(7)15-9-14-38(5)6/h10-13,16-19H,9,14-15H2,1-8H3,(H,35,40)(H,33,34,36). The molecule has 0 fully saturated rings. The fourth-order valence-corrected chi connectivity index (χ4v) is 4.36. The van der Waals surface area contributed by atoms with Gasteiger partial charge in [0.1, 0.15) is 23.1 Å². The van der Waals surface area contributed by atoms with E-state index in [1.807, 2.05) is 55.3 Å². The van der Waals surface area contributed by atoms with Crippen LogP contribution in [0.4, 0.5) is 23.1 Å². The number of aryl methyl sites for hydroxylation is 1. The molecule has 2 heterocycles. The Balaban J connectivity index is 1.59. The van der Waals surface area contributed by atoms with Crippen molar-refractivity contribution in [3.05, 3.63) is 65.6 Å². The molecule has 0 saturated carbocycles. The van der Waals surface area contributed by atoms with E-state index in [2.05, 4.69) is 65.4 Å². The molecule has 0 radical (unpaired) electrons. The summed E-state index contributed by atoms with van der Waals surface area (Å²) >= 11 is 0. The lowest BCUT2D eigenvalue weighted by atomic mass is 9.86. The van der Waals surface area contributed by atoms with Gasteiger partial charge in [0.25, 0.3) is 5.91 Å². The molecule has 216 valence electrons. The molecule has 10 nitrogen and oxygen atoms in total. The molecule has 0 aliphatic heterocycles. The van der Waals surface area contributed by atoms with Gasteiger partial charge in [-0.1, -0.05) is 32.9 Å². The summed E-state index contributed by atoms with van der Waals surface area (Å²) < 4.78 is 5.49. The number of carbonyl (C=O) groups is 1. The molecule has 2 N–H and O–H groups in total. The third kappa shape index (κ3) is 7.26. The highest BCUT2D eigenvalue weighted by atomic mass is 16.5. The van der Waals surface area contributed by atoms with Crippen molar-refractivity contribution < 1.29 is 9.53 Å². The van der Waals surface area contributed by atoms with Crippen LogP contribution in [0.3, 0.4) is 0 Å². The van der Waals surface area contributed by atoms with Crippen LogP contribution in [0.5, 0.6) is 5.75 Å². The van der Waals surface area contributed by atoms with E-state index in [4.69, 9.17) is 9.72 Å². The minimum atomic E-state index is -0.245. The molecule has 4 rings (SSSR count). The Morgan fingerprint density at radius 3 is 2.49 bits per heavy atom. The van der Waals surface area contributed by atoms with Gasteiger partial charge in [-0.25, -0.2) is 19.9 Å². The molecule has 4 aromatic rings. The van der Waals surface area contributed by atoms with Crippen LogP contribution < -0.4 is 20.3 Å². The highest BCUT2D eigenvalue weighted by Gasteiger charge is 2.20. The van der Waals surface area contributed by atoms with Crippen LogP contribution in [0, 0.1) is 6.92 Å². The zero-order chi connectivity index (χ0) is 29.7. The van der Waals surface area contributed by atoms with Gasteiger partial charge in [0.15, 0.2) is 5.82 Å². The highest BCUT2D eigenvalue weighted by molar-refractivity contribution is 6.06. The largest absolute Gasteiger partial charge is 0.496 e. The first-order valence-electron chi connectivity index (χ1n) is 13.7. The maximum absolute atomic E-state index is 13.4. The number of amides is 1. The highest BCUT2D eigenvalue weighted by Crippen LogP contribution is 2.30.